The normalized spacial score (nSPS) is 11.7. The van der Waals surface area contributed by atoms with Gasteiger partial charge in [-0.2, -0.15) is 38.4 Å². The summed E-state index contributed by atoms with van der Waals surface area (Å²) in [5.74, 6) is -1.57. The van der Waals surface area contributed by atoms with Gasteiger partial charge in [0.15, 0.2) is 5.69 Å². The molecule has 0 amide bonds. The van der Waals surface area contributed by atoms with E-state index in [-0.39, 0.29) is 35.7 Å². The molecule has 224 valence electrons. The zero-order chi connectivity index (χ0) is 31.0. The molecule has 0 saturated carbocycles. The molecule has 1 heterocycles. The van der Waals surface area contributed by atoms with Crippen molar-refractivity contribution < 1.29 is 45.4 Å². The fraction of sp³-hybridized carbons (Fsp3) is 0.370. The Balaban J connectivity index is 0.000000305. The smallest absolute Gasteiger partial charge is 0.416 e. The number of hydrogen-bond acceptors (Lipinski definition) is 5. The first-order valence-corrected chi connectivity index (χ1v) is 12.0. The first kappa shape index (κ1) is 33.4. The maximum Gasteiger partial charge on any atom is 0.416 e. The van der Waals surface area contributed by atoms with Crippen LogP contribution < -0.4 is 4.74 Å². The van der Waals surface area contributed by atoms with Crippen LogP contribution in [-0.4, -0.2) is 60.2 Å². The third-order valence-corrected chi connectivity index (χ3v) is 5.42. The molecule has 3 aromatic rings. The maximum absolute atomic E-state index is 13.2. The van der Waals surface area contributed by atoms with Gasteiger partial charge in [0.25, 0.3) is 0 Å². The quantitative estimate of drug-likeness (QED) is 0.217. The third kappa shape index (κ3) is 10.3. The molecule has 3 rings (SSSR count). The van der Waals surface area contributed by atoms with Gasteiger partial charge in [-0.1, -0.05) is 11.6 Å². The summed E-state index contributed by atoms with van der Waals surface area (Å²) < 4.78 is 92.9. The van der Waals surface area contributed by atoms with E-state index in [1.807, 2.05) is 19.0 Å². The van der Waals surface area contributed by atoms with Crippen LogP contribution in [0.15, 0.2) is 42.6 Å². The van der Waals surface area contributed by atoms with E-state index in [4.69, 9.17) is 4.74 Å². The molecule has 0 spiro atoms. The number of carboxylic acid groups (broad SMARTS) is 1. The zero-order valence-electron chi connectivity index (χ0n) is 22.6. The molecule has 0 saturated heterocycles. The Morgan fingerprint density at radius 1 is 1.00 bits per heavy atom. The van der Waals surface area contributed by atoms with Gasteiger partial charge in [0.1, 0.15) is 5.82 Å². The second-order valence-electron chi connectivity index (χ2n) is 9.07. The van der Waals surface area contributed by atoms with Crippen LogP contribution in [0.25, 0.3) is 16.4 Å². The van der Waals surface area contributed by atoms with Crippen LogP contribution in [-0.2, 0) is 18.9 Å². The van der Waals surface area contributed by atoms with E-state index in [9.17, 15) is 40.6 Å². The lowest BCUT2D eigenvalue weighted by Crippen LogP contribution is -2.16. The van der Waals surface area contributed by atoms with E-state index in [2.05, 4.69) is 15.3 Å². The molecule has 0 fully saturated rings. The number of hydrogen-bond donors (Lipinski definition) is 1. The lowest BCUT2D eigenvalue weighted by Gasteiger charge is -2.17. The standard InChI is InChI=1S/C17H20FN3O3.C10H8F6N/c1-11-9-12(18)5-6-13(11)14-10-19-17(20-15(14)16(22)23)24-8-4-7-21(2)3;1-17-5-6-2-7(9(11,12)13)4-8(3-6)10(14,15)16/h5-6,9-10H,4,7-8H2,1-3H3,(H,22,23);2-4H,5H2,1H3/q;-1. The van der Waals surface area contributed by atoms with Crippen LogP contribution in [0.4, 0.5) is 30.7 Å². The number of carboxylic acids is 1. The largest absolute Gasteiger partial charge is 0.661 e. The highest BCUT2D eigenvalue weighted by Crippen LogP contribution is 2.36. The van der Waals surface area contributed by atoms with Crippen molar-refractivity contribution in [1.29, 1.82) is 0 Å². The number of alkyl halides is 6. The van der Waals surface area contributed by atoms with Gasteiger partial charge in [-0.05, 0) is 68.9 Å². The second kappa shape index (κ2) is 14.2. The Hall–Kier alpha value is -3.78. The molecule has 0 atom stereocenters. The van der Waals surface area contributed by atoms with E-state index in [1.165, 1.54) is 31.4 Å². The van der Waals surface area contributed by atoms with Crippen LogP contribution >= 0.6 is 0 Å². The monoisotopic (exact) mass is 589 g/mol. The number of aromatic nitrogens is 2. The van der Waals surface area contributed by atoms with Crippen molar-refractivity contribution in [3.63, 3.8) is 0 Å². The Morgan fingerprint density at radius 3 is 2.10 bits per heavy atom. The topological polar surface area (TPSA) is 89.7 Å². The number of rotatable bonds is 9. The van der Waals surface area contributed by atoms with E-state index < -0.39 is 29.4 Å². The minimum atomic E-state index is -4.80. The third-order valence-electron chi connectivity index (χ3n) is 5.42. The molecule has 0 aliphatic carbocycles. The zero-order valence-corrected chi connectivity index (χ0v) is 22.6. The average molecular weight is 590 g/mol. The van der Waals surface area contributed by atoms with Gasteiger partial charge in [0, 0.05) is 18.3 Å². The number of halogens is 7. The predicted octanol–water partition coefficient (Wildman–Crippen LogP) is 6.85. The number of benzene rings is 2. The first-order valence-electron chi connectivity index (χ1n) is 12.0. The Labute approximate surface area is 232 Å². The molecule has 7 nitrogen and oxygen atoms in total. The molecular formula is C27H28F7N4O3-. The lowest BCUT2D eigenvalue weighted by atomic mass is 10.0. The van der Waals surface area contributed by atoms with Crippen molar-refractivity contribution in [3.8, 4) is 17.1 Å². The number of aromatic carboxylic acids is 1. The van der Waals surface area contributed by atoms with Gasteiger partial charge in [-0.25, -0.2) is 14.2 Å². The summed E-state index contributed by atoms with van der Waals surface area (Å²) >= 11 is 0. The van der Waals surface area contributed by atoms with Gasteiger partial charge in [-0.3, -0.25) is 0 Å². The van der Waals surface area contributed by atoms with E-state index in [0.29, 0.717) is 35.4 Å². The fourth-order valence-corrected chi connectivity index (χ4v) is 3.56. The highest BCUT2D eigenvalue weighted by atomic mass is 19.4. The van der Waals surface area contributed by atoms with Crippen LogP contribution in [0, 0.1) is 12.7 Å². The Bertz CT molecular complexity index is 1300. The molecule has 1 aromatic heterocycles. The summed E-state index contributed by atoms with van der Waals surface area (Å²) in [6, 6.07) is 5.60. The van der Waals surface area contributed by atoms with Crippen molar-refractivity contribution in [2.24, 2.45) is 0 Å². The minimum Gasteiger partial charge on any atom is -0.661 e. The Morgan fingerprint density at radius 2 is 1.61 bits per heavy atom. The molecule has 14 heteroatoms. The first-order chi connectivity index (χ1) is 19.0. The highest BCUT2D eigenvalue weighted by Gasteiger charge is 2.36. The number of nitrogens with zero attached hydrogens (tertiary/aromatic N) is 4. The SMILES string of the molecule is C[N-]Cc1cc(C(F)(F)F)cc(C(F)(F)F)c1.Cc1cc(F)ccc1-c1cnc(OCCCN(C)C)nc1C(=O)O. The average Bonchev–Trinajstić information content (AvgIpc) is 2.86. The van der Waals surface area contributed by atoms with Crippen LogP contribution in [0.1, 0.15) is 39.2 Å². The fourth-order valence-electron chi connectivity index (χ4n) is 3.56. The van der Waals surface area contributed by atoms with Crippen molar-refractivity contribution in [2.45, 2.75) is 32.2 Å². The van der Waals surface area contributed by atoms with Crippen molar-refractivity contribution in [1.82, 2.24) is 14.9 Å². The minimum absolute atomic E-state index is 0.0228. The summed E-state index contributed by atoms with van der Waals surface area (Å²) in [6.45, 7) is 2.76. The predicted molar refractivity (Wildman–Crippen MR) is 137 cm³/mol. The summed E-state index contributed by atoms with van der Waals surface area (Å²) in [6.07, 6.45) is -7.43. The van der Waals surface area contributed by atoms with Gasteiger partial charge in [-0.15, -0.1) is 6.54 Å². The molecule has 0 unspecified atom stereocenters. The number of ether oxygens (including phenoxy) is 1. The van der Waals surface area contributed by atoms with Crippen LogP contribution in [0.3, 0.4) is 0 Å². The van der Waals surface area contributed by atoms with E-state index in [1.54, 1.807) is 6.92 Å². The molecule has 1 N–H and O–H groups in total. The van der Waals surface area contributed by atoms with Gasteiger partial charge in [0.2, 0.25) is 0 Å². The van der Waals surface area contributed by atoms with Gasteiger partial charge >= 0.3 is 24.3 Å². The molecule has 0 aliphatic rings. The van der Waals surface area contributed by atoms with Crippen molar-refractivity contribution in [2.75, 3.05) is 34.3 Å². The molecule has 0 radical (unpaired) electrons. The van der Waals surface area contributed by atoms with E-state index in [0.717, 1.165) is 13.0 Å². The number of carbonyl (C=O) groups is 1. The van der Waals surface area contributed by atoms with Gasteiger partial charge < -0.3 is 20.1 Å². The lowest BCUT2D eigenvalue weighted by molar-refractivity contribution is -0.143. The summed E-state index contributed by atoms with van der Waals surface area (Å²) in [5.41, 5.74) is -1.39. The molecular weight excluding hydrogens is 561 g/mol. The summed E-state index contributed by atoms with van der Waals surface area (Å²) in [4.78, 5) is 21.6. The van der Waals surface area contributed by atoms with E-state index >= 15 is 0 Å². The van der Waals surface area contributed by atoms with Crippen molar-refractivity contribution in [3.05, 3.63) is 81.7 Å². The second-order valence-corrected chi connectivity index (χ2v) is 9.07. The molecule has 0 bridgehead atoms. The molecule has 2 aromatic carbocycles. The molecule has 41 heavy (non-hydrogen) atoms. The summed E-state index contributed by atoms with van der Waals surface area (Å²) in [5, 5.41) is 12.9. The Kier molecular flexibility index (Phi) is 11.6. The van der Waals surface area contributed by atoms with Gasteiger partial charge in [0.05, 0.1) is 17.7 Å². The highest BCUT2D eigenvalue weighted by molar-refractivity contribution is 5.94. The van der Waals surface area contributed by atoms with Crippen LogP contribution in [0.5, 0.6) is 6.01 Å². The maximum atomic E-state index is 13.2. The summed E-state index contributed by atoms with van der Waals surface area (Å²) in [7, 11) is 5.23. The van der Waals surface area contributed by atoms with Crippen molar-refractivity contribution >= 4 is 5.97 Å². The molecule has 0 aliphatic heterocycles. The van der Waals surface area contributed by atoms with Crippen LogP contribution in [0.2, 0.25) is 0 Å². The number of aryl methyl sites for hydroxylation is 1.